The molecule has 1 unspecified atom stereocenters. The third-order valence-electron chi connectivity index (χ3n) is 3.96. The normalized spacial score (nSPS) is 11.9. The molecule has 3 aromatic rings. The number of thiophene rings is 1. The third kappa shape index (κ3) is 4.82. The van der Waals surface area contributed by atoms with Gasteiger partial charge < -0.3 is 10.1 Å². The standard InChI is InChI=1S/C19H18ClN3O3S/c1-26-10-9-23-17(24)7-6-16(22-23)19(25)21-18(14-8-11-27-12-14)13-2-4-15(20)5-3-13/h2-8,11-12,18H,9-10H2,1H3,(H,21,25). The molecule has 0 aliphatic carbocycles. The number of methoxy groups -OCH3 is 1. The maximum Gasteiger partial charge on any atom is 0.272 e. The van der Waals surface area contributed by atoms with E-state index in [0.717, 1.165) is 11.1 Å². The zero-order chi connectivity index (χ0) is 19.2. The predicted molar refractivity (Wildman–Crippen MR) is 105 cm³/mol. The van der Waals surface area contributed by atoms with E-state index in [2.05, 4.69) is 10.4 Å². The van der Waals surface area contributed by atoms with Gasteiger partial charge in [-0.3, -0.25) is 9.59 Å². The fourth-order valence-electron chi connectivity index (χ4n) is 2.57. The summed E-state index contributed by atoms with van der Waals surface area (Å²) < 4.78 is 6.19. The summed E-state index contributed by atoms with van der Waals surface area (Å²) in [5.74, 6) is -0.368. The van der Waals surface area contributed by atoms with Crippen LogP contribution in [0, 0.1) is 0 Å². The van der Waals surface area contributed by atoms with Gasteiger partial charge in [-0.25, -0.2) is 4.68 Å². The van der Waals surface area contributed by atoms with Crippen molar-refractivity contribution < 1.29 is 9.53 Å². The Bertz CT molecular complexity index is 955. The van der Waals surface area contributed by atoms with Crippen LogP contribution in [-0.4, -0.2) is 29.4 Å². The lowest BCUT2D eigenvalue weighted by Crippen LogP contribution is -2.33. The van der Waals surface area contributed by atoms with E-state index in [0.29, 0.717) is 11.6 Å². The van der Waals surface area contributed by atoms with Crippen LogP contribution in [0.1, 0.15) is 27.7 Å². The summed E-state index contributed by atoms with van der Waals surface area (Å²) in [4.78, 5) is 24.6. The highest BCUT2D eigenvalue weighted by molar-refractivity contribution is 7.08. The third-order valence-corrected chi connectivity index (χ3v) is 4.92. The van der Waals surface area contributed by atoms with Crippen molar-refractivity contribution in [3.8, 4) is 0 Å². The average Bonchev–Trinajstić information content (AvgIpc) is 3.20. The minimum absolute atomic E-state index is 0.167. The van der Waals surface area contributed by atoms with Gasteiger partial charge in [0.2, 0.25) is 0 Å². The molecule has 140 valence electrons. The van der Waals surface area contributed by atoms with Gasteiger partial charge >= 0.3 is 0 Å². The van der Waals surface area contributed by atoms with Gasteiger partial charge in [0, 0.05) is 18.2 Å². The molecular formula is C19H18ClN3O3S. The predicted octanol–water partition coefficient (Wildman–Crippen LogP) is 3.12. The molecule has 0 aliphatic heterocycles. The first kappa shape index (κ1) is 19.3. The Morgan fingerprint density at radius 2 is 2.00 bits per heavy atom. The minimum atomic E-state index is -0.368. The molecule has 3 rings (SSSR count). The van der Waals surface area contributed by atoms with Crippen LogP contribution < -0.4 is 10.9 Å². The first-order valence-electron chi connectivity index (χ1n) is 8.24. The van der Waals surface area contributed by atoms with E-state index in [1.807, 2.05) is 29.0 Å². The van der Waals surface area contributed by atoms with E-state index in [1.165, 1.54) is 16.8 Å². The number of amides is 1. The Balaban J connectivity index is 1.87. The van der Waals surface area contributed by atoms with Crippen molar-refractivity contribution in [1.82, 2.24) is 15.1 Å². The molecule has 6 nitrogen and oxygen atoms in total. The number of rotatable bonds is 7. The number of benzene rings is 1. The number of aromatic nitrogens is 2. The van der Waals surface area contributed by atoms with Crippen molar-refractivity contribution in [3.63, 3.8) is 0 Å². The second kappa shape index (κ2) is 8.94. The van der Waals surface area contributed by atoms with Crippen molar-refractivity contribution >= 4 is 28.8 Å². The monoisotopic (exact) mass is 403 g/mol. The summed E-state index contributed by atoms with van der Waals surface area (Å²) >= 11 is 7.53. The second-order valence-corrected chi connectivity index (χ2v) is 7.00. The molecule has 0 saturated heterocycles. The fraction of sp³-hybridized carbons (Fsp3) is 0.211. The van der Waals surface area contributed by atoms with Crippen molar-refractivity contribution in [2.75, 3.05) is 13.7 Å². The number of nitrogens with zero attached hydrogens (tertiary/aromatic N) is 2. The summed E-state index contributed by atoms with van der Waals surface area (Å²) in [5, 5.41) is 11.7. The van der Waals surface area contributed by atoms with Crippen molar-refractivity contribution in [2.24, 2.45) is 0 Å². The Labute approximate surface area is 165 Å². The van der Waals surface area contributed by atoms with Gasteiger partial charge in [-0.15, -0.1) is 0 Å². The number of carbonyl (C=O) groups excluding carboxylic acids is 1. The van der Waals surface area contributed by atoms with E-state index < -0.39 is 0 Å². The lowest BCUT2D eigenvalue weighted by Gasteiger charge is -2.18. The molecule has 0 spiro atoms. The van der Waals surface area contributed by atoms with Crippen LogP contribution in [0.5, 0.6) is 0 Å². The molecular weight excluding hydrogens is 386 g/mol. The van der Waals surface area contributed by atoms with Crippen LogP contribution in [0.4, 0.5) is 0 Å². The summed E-state index contributed by atoms with van der Waals surface area (Å²) in [6.07, 6.45) is 0. The molecule has 0 saturated carbocycles. The molecule has 2 heterocycles. The SMILES string of the molecule is COCCn1nc(C(=O)NC(c2ccc(Cl)cc2)c2ccsc2)ccc1=O. The van der Waals surface area contributed by atoms with E-state index in [-0.39, 0.29) is 29.7 Å². The molecule has 1 N–H and O–H groups in total. The number of hydrogen-bond acceptors (Lipinski definition) is 5. The van der Waals surface area contributed by atoms with Crippen molar-refractivity contribution in [1.29, 1.82) is 0 Å². The number of halogens is 1. The van der Waals surface area contributed by atoms with Gasteiger partial charge in [-0.2, -0.15) is 16.4 Å². The zero-order valence-electron chi connectivity index (χ0n) is 14.6. The minimum Gasteiger partial charge on any atom is -0.383 e. The maximum absolute atomic E-state index is 12.8. The number of hydrogen-bond donors (Lipinski definition) is 1. The van der Waals surface area contributed by atoms with Crippen LogP contribution in [0.15, 0.2) is 58.0 Å². The number of nitrogens with one attached hydrogen (secondary N) is 1. The quantitative estimate of drug-likeness (QED) is 0.657. The zero-order valence-corrected chi connectivity index (χ0v) is 16.2. The Hall–Kier alpha value is -2.48. The molecule has 2 aromatic heterocycles. The number of carbonyl (C=O) groups is 1. The van der Waals surface area contributed by atoms with Crippen LogP contribution in [0.25, 0.3) is 0 Å². The number of ether oxygens (including phenoxy) is 1. The highest BCUT2D eigenvalue weighted by atomic mass is 35.5. The smallest absolute Gasteiger partial charge is 0.272 e. The summed E-state index contributed by atoms with van der Waals surface area (Å²) in [5.41, 5.74) is 1.75. The maximum atomic E-state index is 12.8. The summed E-state index contributed by atoms with van der Waals surface area (Å²) in [6, 6.07) is 11.7. The molecule has 27 heavy (non-hydrogen) atoms. The van der Waals surface area contributed by atoms with E-state index in [1.54, 1.807) is 30.6 Å². The van der Waals surface area contributed by atoms with Crippen LogP contribution in [0.3, 0.4) is 0 Å². The van der Waals surface area contributed by atoms with Gasteiger partial charge in [-0.1, -0.05) is 23.7 Å². The Morgan fingerprint density at radius 3 is 2.67 bits per heavy atom. The molecule has 0 bridgehead atoms. The summed E-state index contributed by atoms with van der Waals surface area (Å²) in [7, 11) is 1.54. The van der Waals surface area contributed by atoms with Crippen molar-refractivity contribution in [3.05, 3.63) is 85.4 Å². The van der Waals surface area contributed by atoms with Crippen molar-refractivity contribution in [2.45, 2.75) is 12.6 Å². The van der Waals surface area contributed by atoms with Crippen LogP contribution >= 0.6 is 22.9 Å². The molecule has 1 aromatic carbocycles. The highest BCUT2D eigenvalue weighted by Gasteiger charge is 2.19. The van der Waals surface area contributed by atoms with Crippen LogP contribution in [0.2, 0.25) is 5.02 Å². The fourth-order valence-corrected chi connectivity index (χ4v) is 3.38. The molecule has 0 aliphatic rings. The van der Waals surface area contributed by atoms with E-state index >= 15 is 0 Å². The highest BCUT2D eigenvalue weighted by Crippen LogP contribution is 2.25. The van der Waals surface area contributed by atoms with Gasteiger partial charge in [0.25, 0.3) is 11.5 Å². The molecule has 0 radical (unpaired) electrons. The second-order valence-electron chi connectivity index (χ2n) is 5.79. The Morgan fingerprint density at radius 1 is 1.22 bits per heavy atom. The topological polar surface area (TPSA) is 73.2 Å². The molecule has 0 fully saturated rings. The lowest BCUT2D eigenvalue weighted by atomic mass is 10.0. The van der Waals surface area contributed by atoms with Gasteiger partial charge in [0.15, 0.2) is 0 Å². The molecule has 1 amide bonds. The molecule has 8 heteroatoms. The summed E-state index contributed by atoms with van der Waals surface area (Å²) in [6.45, 7) is 0.613. The van der Waals surface area contributed by atoms with Gasteiger partial charge in [0.1, 0.15) is 5.69 Å². The van der Waals surface area contributed by atoms with E-state index in [4.69, 9.17) is 16.3 Å². The van der Waals surface area contributed by atoms with E-state index in [9.17, 15) is 9.59 Å². The van der Waals surface area contributed by atoms with Crippen LogP contribution in [-0.2, 0) is 11.3 Å². The Kier molecular flexibility index (Phi) is 6.39. The van der Waals surface area contributed by atoms with Gasteiger partial charge in [-0.05, 0) is 46.2 Å². The largest absolute Gasteiger partial charge is 0.383 e. The lowest BCUT2D eigenvalue weighted by molar-refractivity contribution is 0.0934. The average molecular weight is 404 g/mol. The van der Waals surface area contributed by atoms with Gasteiger partial charge in [0.05, 0.1) is 19.2 Å². The first-order chi connectivity index (χ1) is 13.1. The first-order valence-corrected chi connectivity index (χ1v) is 9.56. The molecule has 1 atom stereocenters.